The molecule has 1 N–H and O–H groups in total. The molecule has 0 unspecified atom stereocenters. The van der Waals surface area contributed by atoms with Crippen LogP contribution in [0, 0.1) is 5.82 Å². The molecule has 0 bridgehead atoms. The van der Waals surface area contributed by atoms with Crippen LogP contribution in [-0.2, 0) is 6.54 Å². The predicted molar refractivity (Wildman–Crippen MR) is 53.9 cm³/mol. The van der Waals surface area contributed by atoms with Crippen LogP contribution in [0.3, 0.4) is 0 Å². The zero-order valence-electron chi connectivity index (χ0n) is 7.60. The van der Waals surface area contributed by atoms with Crippen molar-refractivity contribution >= 4 is 22.6 Å². The lowest BCUT2D eigenvalue weighted by Crippen LogP contribution is -2.03. The quantitative estimate of drug-likeness (QED) is 0.830. The first-order valence-corrected chi connectivity index (χ1v) is 4.60. The molecule has 0 spiro atoms. The van der Waals surface area contributed by atoms with E-state index in [4.69, 9.17) is 16.0 Å². The van der Waals surface area contributed by atoms with Crippen LogP contribution in [-0.4, -0.2) is 7.05 Å². The Labute approximate surface area is 85.7 Å². The van der Waals surface area contributed by atoms with Crippen molar-refractivity contribution < 1.29 is 8.81 Å². The third-order valence-corrected chi connectivity index (χ3v) is 2.26. The van der Waals surface area contributed by atoms with E-state index in [0.29, 0.717) is 11.6 Å². The number of hydrogen-bond acceptors (Lipinski definition) is 2. The molecule has 2 nitrogen and oxygen atoms in total. The summed E-state index contributed by atoms with van der Waals surface area (Å²) >= 11 is 5.75. The average molecular weight is 214 g/mol. The molecule has 14 heavy (non-hydrogen) atoms. The van der Waals surface area contributed by atoms with Crippen molar-refractivity contribution in [2.24, 2.45) is 0 Å². The van der Waals surface area contributed by atoms with Crippen molar-refractivity contribution in [2.45, 2.75) is 6.54 Å². The van der Waals surface area contributed by atoms with Crippen molar-refractivity contribution in [2.75, 3.05) is 7.05 Å². The summed E-state index contributed by atoms with van der Waals surface area (Å²) in [7, 11) is 1.82. The Bertz CT molecular complexity index is 466. The van der Waals surface area contributed by atoms with Crippen LogP contribution in [0.15, 0.2) is 22.8 Å². The van der Waals surface area contributed by atoms with Gasteiger partial charge in [-0.05, 0) is 19.2 Å². The van der Waals surface area contributed by atoms with Gasteiger partial charge in [-0.25, -0.2) is 4.39 Å². The number of benzene rings is 1. The summed E-state index contributed by atoms with van der Waals surface area (Å²) in [5.74, 6) is -0.421. The summed E-state index contributed by atoms with van der Waals surface area (Å²) in [6.45, 7) is 0.632. The Morgan fingerprint density at radius 1 is 1.50 bits per heavy atom. The normalized spacial score (nSPS) is 11.1. The fraction of sp³-hybridized carbons (Fsp3) is 0.200. The molecule has 0 saturated carbocycles. The summed E-state index contributed by atoms with van der Waals surface area (Å²) in [5, 5.41) is 4.08. The topological polar surface area (TPSA) is 25.2 Å². The van der Waals surface area contributed by atoms with E-state index in [2.05, 4.69) is 5.32 Å². The van der Waals surface area contributed by atoms with Gasteiger partial charge < -0.3 is 9.73 Å². The van der Waals surface area contributed by atoms with E-state index < -0.39 is 5.82 Å². The maximum Gasteiger partial charge on any atom is 0.169 e. The lowest BCUT2D eigenvalue weighted by molar-refractivity contribution is 0.557. The van der Waals surface area contributed by atoms with E-state index in [9.17, 15) is 4.39 Å². The Kier molecular flexibility index (Phi) is 2.44. The zero-order valence-corrected chi connectivity index (χ0v) is 8.36. The first kappa shape index (κ1) is 9.49. The van der Waals surface area contributed by atoms with E-state index in [1.54, 1.807) is 12.3 Å². The zero-order chi connectivity index (χ0) is 10.1. The molecule has 0 aliphatic heterocycles. The minimum absolute atomic E-state index is 0.264. The van der Waals surface area contributed by atoms with Crippen molar-refractivity contribution in [1.82, 2.24) is 5.32 Å². The Hall–Kier alpha value is -1.06. The highest BCUT2D eigenvalue weighted by Crippen LogP contribution is 2.27. The van der Waals surface area contributed by atoms with Gasteiger partial charge in [-0.3, -0.25) is 0 Å². The van der Waals surface area contributed by atoms with E-state index >= 15 is 0 Å². The highest BCUT2D eigenvalue weighted by atomic mass is 35.5. The first-order chi connectivity index (χ1) is 6.72. The van der Waals surface area contributed by atoms with Crippen LogP contribution in [0.2, 0.25) is 5.02 Å². The van der Waals surface area contributed by atoms with Crippen molar-refractivity contribution in [1.29, 1.82) is 0 Å². The van der Waals surface area contributed by atoms with Gasteiger partial charge >= 0.3 is 0 Å². The van der Waals surface area contributed by atoms with Crippen LogP contribution < -0.4 is 5.32 Å². The molecular weight excluding hydrogens is 205 g/mol. The largest absolute Gasteiger partial charge is 0.461 e. The monoisotopic (exact) mass is 213 g/mol. The van der Waals surface area contributed by atoms with E-state index in [0.717, 1.165) is 10.9 Å². The van der Waals surface area contributed by atoms with Gasteiger partial charge in [-0.2, -0.15) is 0 Å². The number of rotatable bonds is 2. The molecule has 2 aromatic rings. The molecule has 0 saturated heterocycles. The highest BCUT2D eigenvalue weighted by molar-refractivity contribution is 6.31. The van der Waals surface area contributed by atoms with Crippen LogP contribution >= 0.6 is 11.6 Å². The fourth-order valence-electron chi connectivity index (χ4n) is 1.44. The minimum atomic E-state index is -0.421. The molecule has 0 aliphatic carbocycles. The van der Waals surface area contributed by atoms with Crippen LogP contribution in [0.1, 0.15) is 5.56 Å². The summed E-state index contributed by atoms with van der Waals surface area (Å²) in [4.78, 5) is 0. The van der Waals surface area contributed by atoms with Crippen LogP contribution in [0.4, 0.5) is 4.39 Å². The molecule has 4 heteroatoms. The molecule has 2 rings (SSSR count). The second-order valence-electron chi connectivity index (χ2n) is 3.06. The number of fused-ring (bicyclic) bond motifs is 1. The van der Waals surface area contributed by atoms with E-state index in [1.807, 2.05) is 7.05 Å². The SMILES string of the molecule is CNCc1coc2c(F)cc(Cl)cc12. The Balaban J connectivity index is 2.66. The Morgan fingerprint density at radius 2 is 2.29 bits per heavy atom. The molecule has 0 atom stereocenters. The number of hydrogen-bond donors (Lipinski definition) is 1. The Morgan fingerprint density at radius 3 is 3.00 bits per heavy atom. The highest BCUT2D eigenvalue weighted by Gasteiger charge is 2.10. The third kappa shape index (κ3) is 1.49. The standard InChI is InChI=1S/C10H9ClFNO/c1-13-4-6-5-14-10-8(6)2-7(11)3-9(10)12/h2-3,5,13H,4H2,1H3. The molecule has 1 heterocycles. The number of nitrogens with one attached hydrogen (secondary N) is 1. The molecule has 1 aromatic heterocycles. The smallest absolute Gasteiger partial charge is 0.169 e. The van der Waals surface area contributed by atoms with Gasteiger partial charge in [0.05, 0.1) is 6.26 Å². The van der Waals surface area contributed by atoms with Gasteiger partial charge in [0, 0.05) is 22.5 Å². The second-order valence-corrected chi connectivity index (χ2v) is 3.49. The van der Waals surface area contributed by atoms with Gasteiger partial charge in [0.2, 0.25) is 0 Å². The van der Waals surface area contributed by atoms with E-state index in [1.165, 1.54) is 6.07 Å². The third-order valence-electron chi connectivity index (χ3n) is 2.04. The van der Waals surface area contributed by atoms with Crippen molar-refractivity contribution in [3.05, 3.63) is 34.8 Å². The van der Waals surface area contributed by atoms with Crippen molar-refractivity contribution in [3.63, 3.8) is 0 Å². The molecule has 74 valence electrons. The summed E-state index contributed by atoms with van der Waals surface area (Å²) in [6.07, 6.45) is 1.54. The lowest BCUT2D eigenvalue weighted by atomic mass is 10.2. The molecule has 0 fully saturated rings. The number of halogens is 2. The van der Waals surface area contributed by atoms with Gasteiger partial charge in [0.1, 0.15) is 0 Å². The van der Waals surface area contributed by atoms with Gasteiger partial charge in [-0.15, -0.1) is 0 Å². The lowest BCUT2D eigenvalue weighted by Gasteiger charge is -1.97. The van der Waals surface area contributed by atoms with Gasteiger partial charge in [0.15, 0.2) is 11.4 Å². The van der Waals surface area contributed by atoms with Gasteiger partial charge in [0.25, 0.3) is 0 Å². The van der Waals surface area contributed by atoms with E-state index in [-0.39, 0.29) is 5.58 Å². The van der Waals surface area contributed by atoms with Crippen LogP contribution in [0.5, 0.6) is 0 Å². The maximum atomic E-state index is 13.3. The first-order valence-electron chi connectivity index (χ1n) is 4.22. The second kappa shape index (κ2) is 3.59. The summed E-state index contributed by atoms with van der Waals surface area (Å²) in [5.41, 5.74) is 1.17. The fourth-order valence-corrected chi connectivity index (χ4v) is 1.64. The van der Waals surface area contributed by atoms with Gasteiger partial charge in [-0.1, -0.05) is 11.6 Å². The molecule has 1 aromatic carbocycles. The molecule has 0 radical (unpaired) electrons. The average Bonchev–Trinajstić information content (AvgIpc) is 2.49. The van der Waals surface area contributed by atoms with Crippen LogP contribution in [0.25, 0.3) is 11.0 Å². The summed E-state index contributed by atoms with van der Waals surface area (Å²) in [6, 6.07) is 2.95. The maximum absolute atomic E-state index is 13.3. The minimum Gasteiger partial charge on any atom is -0.461 e. The number of furan rings is 1. The molecule has 0 amide bonds. The molecular formula is C10H9ClFNO. The molecule has 0 aliphatic rings. The van der Waals surface area contributed by atoms with Crippen molar-refractivity contribution in [3.8, 4) is 0 Å². The predicted octanol–water partition coefficient (Wildman–Crippen LogP) is 2.94. The summed E-state index contributed by atoms with van der Waals surface area (Å²) < 4.78 is 18.4.